The van der Waals surface area contributed by atoms with Crippen LogP contribution in [-0.2, 0) is 0 Å². The van der Waals surface area contributed by atoms with Crippen LogP contribution in [0, 0.1) is 0 Å². The zero-order valence-corrected chi connectivity index (χ0v) is 8.24. The molecule has 0 bridgehead atoms. The van der Waals surface area contributed by atoms with Crippen molar-refractivity contribution in [3.8, 4) is 0 Å². The lowest BCUT2D eigenvalue weighted by molar-refractivity contribution is 0.541. The largest absolute Gasteiger partial charge is 0.340 e. The van der Waals surface area contributed by atoms with E-state index in [1.165, 1.54) is 12.8 Å². The molecular formula is C10H13ClN2. The van der Waals surface area contributed by atoms with E-state index < -0.39 is 0 Å². The Morgan fingerprint density at radius 1 is 1.38 bits per heavy atom. The molecule has 13 heavy (non-hydrogen) atoms. The summed E-state index contributed by atoms with van der Waals surface area (Å²) < 4.78 is 0. The van der Waals surface area contributed by atoms with E-state index >= 15 is 0 Å². The van der Waals surface area contributed by atoms with Gasteiger partial charge in [-0.15, -0.1) is 0 Å². The van der Waals surface area contributed by atoms with E-state index in [-0.39, 0.29) is 5.50 Å². The van der Waals surface area contributed by atoms with Gasteiger partial charge in [0.05, 0.1) is 0 Å². The van der Waals surface area contributed by atoms with Gasteiger partial charge < -0.3 is 4.90 Å². The van der Waals surface area contributed by atoms with Crippen LogP contribution in [0.4, 0.5) is 5.82 Å². The molecule has 0 amide bonds. The van der Waals surface area contributed by atoms with Gasteiger partial charge in [0.25, 0.3) is 0 Å². The molecule has 1 aliphatic heterocycles. The molecule has 0 saturated carbocycles. The molecule has 1 atom stereocenters. The fraction of sp³-hybridized carbons (Fsp3) is 0.500. The van der Waals surface area contributed by atoms with Crippen LogP contribution in [0.5, 0.6) is 0 Å². The highest BCUT2D eigenvalue weighted by Gasteiger charge is 2.20. The number of rotatable bonds is 1. The number of halogens is 1. The first kappa shape index (κ1) is 8.82. The minimum absolute atomic E-state index is 0.128. The number of piperidine rings is 1. The average molecular weight is 197 g/mol. The van der Waals surface area contributed by atoms with Crippen molar-refractivity contribution in [2.45, 2.75) is 24.8 Å². The third-order valence-corrected chi connectivity index (χ3v) is 2.83. The van der Waals surface area contributed by atoms with Gasteiger partial charge in [0.1, 0.15) is 11.3 Å². The molecule has 1 fully saturated rings. The summed E-state index contributed by atoms with van der Waals surface area (Å²) in [6, 6.07) is 5.94. The SMILES string of the molecule is ClC1CCCCN1c1ccccn1. The maximum atomic E-state index is 6.20. The van der Waals surface area contributed by atoms with Gasteiger partial charge in [-0.1, -0.05) is 17.7 Å². The number of anilines is 1. The van der Waals surface area contributed by atoms with Gasteiger partial charge in [0.2, 0.25) is 0 Å². The van der Waals surface area contributed by atoms with Gasteiger partial charge in [-0.2, -0.15) is 0 Å². The maximum Gasteiger partial charge on any atom is 0.129 e. The second kappa shape index (κ2) is 3.97. The summed E-state index contributed by atoms with van der Waals surface area (Å²) in [6.07, 6.45) is 5.34. The first-order chi connectivity index (χ1) is 6.38. The molecular weight excluding hydrogens is 184 g/mol. The molecule has 2 heterocycles. The lowest BCUT2D eigenvalue weighted by Gasteiger charge is -2.32. The van der Waals surface area contributed by atoms with Gasteiger partial charge in [0, 0.05) is 12.7 Å². The summed E-state index contributed by atoms with van der Waals surface area (Å²) in [4.78, 5) is 6.47. The van der Waals surface area contributed by atoms with Crippen molar-refractivity contribution < 1.29 is 0 Å². The topological polar surface area (TPSA) is 16.1 Å². The highest BCUT2D eigenvalue weighted by atomic mass is 35.5. The van der Waals surface area contributed by atoms with Gasteiger partial charge in [-0.05, 0) is 31.4 Å². The molecule has 0 aromatic carbocycles. The quantitative estimate of drug-likeness (QED) is 0.507. The van der Waals surface area contributed by atoms with Crippen molar-refractivity contribution in [1.29, 1.82) is 0 Å². The number of aromatic nitrogens is 1. The number of alkyl halides is 1. The lowest BCUT2D eigenvalue weighted by atomic mass is 10.1. The van der Waals surface area contributed by atoms with Gasteiger partial charge >= 0.3 is 0 Å². The highest BCUT2D eigenvalue weighted by Crippen LogP contribution is 2.24. The Hall–Kier alpha value is -0.760. The first-order valence-electron chi connectivity index (χ1n) is 4.69. The summed E-state index contributed by atoms with van der Waals surface area (Å²) in [5.74, 6) is 1.00. The zero-order valence-electron chi connectivity index (χ0n) is 7.49. The van der Waals surface area contributed by atoms with Crippen molar-refractivity contribution in [3.63, 3.8) is 0 Å². The summed E-state index contributed by atoms with van der Waals surface area (Å²) in [7, 11) is 0. The van der Waals surface area contributed by atoms with Crippen LogP contribution in [0.3, 0.4) is 0 Å². The highest BCUT2D eigenvalue weighted by molar-refractivity contribution is 6.21. The normalized spacial score (nSPS) is 23.2. The van der Waals surface area contributed by atoms with E-state index in [0.717, 1.165) is 18.8 Å². The Morgan fingerprint density at radius 2 is 2.31 bits per heavy atom. The third-order valence-electron chi connectivity index (χ3n) is 2.37. The average Bonchev–Trinajstić information content (AvgIpc) is 2.20. The molecule has 1 aliphatic rings. The molecule has 0 aliphatic carbocycles. The summed E-state index contributed by atoms with van der Waals surface area (Å²) in [5, 5.41) is 0. The van der Waals surface area contributed by atoms with Crippen LogP contribution in [-0.4, -0.2) is 17.0 Å². The van der Waals surface area contributed by atoms with E-state index in [0.29, 0.717) is 0 Å². The van der Waals surface area contributed by atoms with Crippen LogP contribution in [0.15, 0.2) is 24.4 Å². The van der Waals surface area contributed by atoms with Crippen LogP contribution < -0.4 is 4.90 Å². The standard InChI is InChI=1S/C10H13ClN2/c11-9-5-2-4-8-13(9)10-6-1-3-7-12-10/h1,3,6-7,9H,2,4-5,8H2. The Morgan fingerprint density at radius 3 is 3.00 bits per heavy atom. The smallest absolute Gasteiger partial charge is 0.129 e. The molecule has 2 rings (SSSR count). The van der Waals surface area contributed by atoms with Crippen molar-refractivity contribution in [2.75, 3.05) is 11.4 Å². The molecule has 0 N–H and O–H groups in total. The molecule has 2 nitrogen and oxygen atoms in total. The van der Waals surface area contributed by atoms with Gasteiger partial charge in [-0.25, -0.2) is 4.98 Å². The molecule has 0 spiro atoms. The van der Waals surface area contributed by atoms with E-state index in [4.69, 9.17) is 11.6 Å². The maximum absolute atomic E-state index is 6.20. The Kier molecular flexibility index (Phi) is 2.69. The van der Waals surface area contributed by atoms with Crippen LogP contribution in [0.25, 0.3) is 0 Å². The number of hydrogen-bond acceptors (Lipinski definition) is 2. The zero-order chi connectivity index (χ0) is 9.10. The molecule has 1 aromatic rings. The van der Waals surface area contributed by atoms with Crippen molar-refractivity contribution >= 4 is 17.4 Å². The number of pyridine rings is 1. The van der Waals surface area contributed by atoms with Crippen molar-refractivity contribution in [3.05, 3.63) is 24.4 Å². The summed E-state index contributed by atoms with van der Waals surface area (Å²) >= 11 is 6.20. The Labute approximate surface area is 83.5 Å². The van der Waals surface area contributed by atoms with Crippen LogP contribution in [0.1, 0.15) is 19.3 Å². The fourth-order valence-electron chi connectivity index (χ4n) is 1.67. The Bertz CT molecular complexity index is 263. The van der Waals surface area contributed by atoms with Gasteiger partial charge in [0.15, 0.2) is 0 Å². The van der Waals surface area contributed by atoms with E-state index in [1.54, 1.807) is 0 Å². The number of nitrogens with zero attached hydrogens (tertiary/aromatic N) is 2. The second-order valence-corrected chi connectivity index (χ2v) is 3.82. The summed E-state index contributed by atoms with van der Waals surface area (Å²) in [5.41, 5.74) is 0.128. The van der Waals surface area contributed by atoms with Crippen molar-refractivity contribution in [2.24, 2.45) is 0 Å². The summed E-state index contributed by atoms with van der Waals surface area (Å²) in [6.45, 7) is 1.03. The molecule has 1 unspecified atom stereocenters. The molecule has 1 saturated heterocycles. The molecule has 3 heteroatoms. The lowest BCUT2D eigenvalue weighted by Crippen LogP contribution is -2.36. The van der Waals surface area contributed by atoms with Crippen LogP contribution in [0.2, 0.25) is 0 Å². The van der Waals surface area contributed by atoms with Crippen LogP contribution >= 0.6 is 11.6 Å². The van der Waals surface area contributed by atoms with E-state index in [1.807, 2.05) is 24.4 Å². The van der Waals surface area contributed by atoms with E-state index in [2.05, 4.69) is 9.88 Å². The van der Waals surface area contributed by atoms with Crippen molar-refractivity contribution in [1.82, 2.24) is 4.98 Å². The molecule has 1 aromatic heterocycles. The minimum Gasteiger partial charge on any atom is -0.340 e. The fourth-order valence-corrected chi connectivity index (χ4v) is 2.02. The van der Waals surface area contributed by atoms with E-state index in [9.17, 15) is 0 Å². The second-order valence-electron chi connectivity index (χ2n) is 3.31. The molecule has 70 valence electrons. The predicted molar refractivity (Wildman–Crippen MR) is 55.1 cm³/mol. The predicted octanol–water partition coefficient (Wildman–Crippen LogP) is 2.64. The minimum atomic E-state index is 0.128. The molecule has 0 radical (unpaired) electrons. The van der Waals surface area contributed by atoms with Gasteiger partial charge in [-0.3, -0.25) is 0 Å². The number of hydrogen-bond donors (Lipinski definition) is 0. The first-order valence-corrected chi connectivity index (χ1v) is 5.13. The monoisotopic (exact) mass is 196 g/mol. The third kappa shape index (κ3) is 1.94. The Balaban J connectivity index is 2.15.